The highest BCUT2D eigenvalue weighted by atomic mass is 35.5. The molecule has 6 heteroatoms. The van der Waals surface area contributed by atoms with Gasteiger partial charge in [0.05, 0.1) is 11.4 Å². The van der Waals surface area contributed by atoms with Crippen LogP contribution in [0.25, 0.3) is 35.5 Å². The molecule has 2 aromatic heterocycles. The summed E-state index contributed by atoms with van der Waals surface area (Å²) in [4.78, 5) is 11.8. The number of likely N-dealkylation sites (tertiary alicyclic amines) is 1. The molecule has 0 amide bonds. The van der Waals surface area contributed by atoms with Crippen LogP contribution in [0.15, 0.2) is 84.2 Å². The van der Waals surface area contributed by atoms with Crippen molar-refractivity contribution in [3.8, 4) is 0 Å². The summed E-state index contributed by atoms with van der Waals surface area (Å²) in [6.45, 7) is 4.30. The fourth-order valence-corrected chi connectivity index (χ4v) is 7.13. The first kappa shape index (κ1) is 29.9. The van der Waals surface area contributed by atoms with E-state index in [9.17, 15) is 0 Å². The number of fused-ring (bicyclic) bond motifs is 4. The van der Waals surface area contributed by atoms with Gasteiger partial charge in [0.15, 0.2) is 0 Å². The smallest absolute Gasteiger partial charge is 0.0780 e. The molecule has 0 atom stereocenters. The molecule has 0 saturated carbocycles. The number of nitrogens with one attached hydrogen (secondary N) is 1. The molecule has 4 nitrogen and oxygen atoms in total. The molecule has 0 unspecified atom stereocenters. The number of rotatable bonds is 0. The largest absolute Gasteiger partial charge is 0.316 e. The third kappa shape index (κ3) is 6.34. The van der Waals surface area contributed by atoms with Crippen LogP contribution in [0.1, 0.15) is 70.5 Å². The molecule has 45 heavy (non-hydrogen) atoms. The normalized spacial score (nSPS) is 17.3. The summed E-state index contributed by atoms with van der Waals surface area (Å²) in [6.07, 6.45) is 16.7. The number of piperidine rings is 2. The lowest BCUT2D eigenvalue weighted by Gasteiger charge is -2.27. The number of pyridine rings is 2. The van der Waals surface area contributed by atoms with Gasteiger partial charge in [-0.15, -0.1) is 0 Å². The Morgan fingerprint density at radius 3 is 1.58 bits per heavy atom. The van der Waals surface area contributed by atoms with Gasteiger partial charge in [0.1, 0.15) is 0 Å². The van der Waals surface area contributed by atoms with Crippen LogP contribution >= 0.6 is 23.2 Å². The van der Waals surface area contributed by atoms with Crippen LogP contribution in [-0.4, -0.2) is 48.1 Å². The lowest BCUT2D eigenvalue weighted by atomic mass is 9.88. The van der Waals surface area contributed by atoms with Gasteiger partial charge in [-0.1, -0.05) is 82.9 Å². The van der Waals surface area contributed by atoms with Crippen LogP contribution in [0.5, 0.6) is 0 Å². The van der Waals surface area contributed by atoms with Crippen molar-refractivity contribution < 1.29 is 0 Å². The molecule has 2 aromatic carbocycles. The van der Waals surface area contributed by atoms with Gasteiger partial charge in [0.2, 0.25) is 0 Å². The molecule has 2 saturated heterocycles. The van der Waals surface area contributed by atoms with Crippen molar-refractivity contribution in [3.05, 3.63) is 139 Å². The Labute approximate surface area is 275 Å². The van der Waals surface area contributed by atoms with Gasteiger partial charge in [-0.05, 0) is 104 Å². The van der Waals surface area contributed by atoms with Gasteiger partial charge in [-0.3, -0.25) is 9.97 Å². The maximum atomic E-state index is 6.22. The second-order valence-corrected chi connectivity index (χ2v) is 12.9. The molecule has 4 aliphatic rings. The average Bonchev–Trinajstić information content (AvgIpc) is 3.34. The van der Waals surface area contributed by atoms with Gasteiger partial charge in [-0.2, -0.15) is 0 Å². The monoisotopic (exact) mass is 630 g/mol. The van der Waals surface area contributed by atoms with Gasteiger partial charge < -0.3 is 10.2 Å². The fraction of sp³-hybridized carbons (Fsp3) is 0.231. The number of nitrogens with zero attached hydrogens (tertiary/aromatic N) is 3. The highest BCUT2D eigenvalue weighted by Gasteiger charge is 2.23. The fourth-order valence-electron chi connectivity index (χ4n) is 6.77. The number of aromatic nitrogens is 2. The standard InChI is InChI=1S/C20H19ClN2.C19H17ClN2/c1-23-11-8-14(9-12-23)19-18-7-6-17(21)13-16(18)5-4-15-3-2-10-22-20(15)19;20-16-5-6-17-15(12-16)4-3-14-2-1-9-22-19(14)18(17)13-7-10-21-11-8-13/h2-7,10,13H,8-9,11-12H2,1H3;1-6,9,12,21H,7-8,10-11H2. The zero-order valence-electron chi connectivity index (χ0n) is 25.5. The van der Waals surface area contributed by atoms with Crippen molar-refractivity contribution in [1.82, 2.24) is 20.2 Å². The maximum absolute atomic E-state index is 6.22. The van der Waals surface area contributed by atoms with Crippen molar-refractivity contribution in [3.63, 3.8) is 0 Å². The Morgan fingerprint density at radius 2 is 1.07 bits per heavy atom. The second-order valence-electron chi connectivity index (χ2n) is 12.0. The van der Waals surface area contributed by atoms with E-state index in [1.165, 1.54) is 55.7 Å². The Bertz CT molecular complexity index is 1870. The van der Waals surface area contributed by atoms with E-state index >= 15 is 0 Å². The molecule has 2 fully saturated rings. The quantitative estimate of drug-likeness (QED) is 0.182. The van der Waals surface area contributed by atoms with E-state index < -0.39 is 0 Å². The third-order valence-corrected chi connectivity index (χ3v) is 9.58. The van der Waals surface area contributed by atoms with E-state index in [-0.39, 0.29) is 0 Å². The van der Waals surface area contributed by atoms with E-state index in [2.05, 4.69) is 71.9 Å². The van der Waals surface area contributed by atoms with Crippen LogP contribution in [0.4, 0.5) is 0 Å². The van der Waals surface area contributed by atoms with Crippen molar-refractivity contribution in [2.75, 3.05) is 33.2 Å². The summed E-state index contributed by atoms with van der Waals surface area (Å²) in [5.41, 5.74) is 15.0. The molecule has 2 aliphatic carbocycles. The minimum absolute atomic E-state index is 0.775. The Balaban J connectivity index is 0.000000145. The number of benzene rings is 2. The average molecular weight is 632 g/mol. The van der Waals surface area contributed by atoms with E-state index in [1.807, 2.05) is 42.7 Å². The first-order chi connectivity index (χ1) is 22.0. The van der Waals surface area contributed by atoms with Gasteiger partial charge >= 0.3 is 0 Å². The predicted molar refractivity (Wildman–Crippen MR) is 190 cm³/mol. The van der Waals surface area contributed by atoms with Crippen molar-refractivity contribution >= 4 is 58.7 Å². The molecule has 4 heterocycles. The van der Waals surface area contributed by atoms with Crippen LogP contribution < -0.4 is 5.32 Å². The molecule has 8 rings (SSSR count). The minimum atomic E-state index is 0.775. The number of halogens is 2. The molecule has 4 aromatic rings. The van der Waals surface area contributed by atoms with Crippen LogP contribution in [0.2, 0.25) is 10.0 Å². The van der Waals surface area contributed by atoms with Gasteiger partial charge in [-0.25, -0.2) is 0 Å². The Hall–Kier alpha value is -3.80. The SMILES string of the molecule is CN1CCC(=C2c3ccc(Cl)cc3C=Cc3cccnc32)CC1.Clc1ccc2c(c1)C=Cc1cccnc1C2=C1CCNCC1. The van der Waals surface area contributed by atoms with Crippen LogP contribution in [0.3, 0.4) is 0 Å². The Kier molecular flexibility index (Phi) is 8.82. The van der Waals surface area contributed by atoms with E-state index in [4.69, 9.17) is 33.2 Å². The maximum Gasteiger partial charge on any atom is 0.0780 e. The van der Waals surface area contributed by atoms with Crippen molar-refractivity contribution in [1.29, 1.82) is 0 Å². The molecule has 0 bridgehead atoms. The zero-order chi connectivity index (χ0) is 30.8. The molecule has 0 spiro atoms. The molecule has 2 aliphatic heterocycles. The van der Waals surface area contributed by atoms with E-state index in [1.54, 1.807) is 0 Å². The molecule has 0 radical (unpaired) electrons. The zero-order valence-corrected chi connectivity index (χ0v) is 27.0. The van der Waals surface area contributed by atoms with Crippen LogP contribution in [0, 0.1) is 0 Å². The van der Waals surface area contributed by atoms with Crippen molar-refractivity contribution in [2.24, 2.45) is 0 Å². The lowest BCUT2D eigenvalue weighted by molar-refractivity contribution is 0.313. The summed E-state index contributed by atoms with van der Waals surface area (Å²) in [5.74, 6) is 0. The van der Waals surface area contributed by atoms with E-state index in [0.29, 0.717) is 0 Å². The molecular formula is C39H36Cl2N4. The molecular weight excluding hydrogens is 595 g/mol. The summed E-state index contributed by atoms with van der Waals surface area (Å²) in [6, 6.07) is 20.6. The highest BCUT2D eigenvalue weighted by Crippen LogP contribution is 2.39. The highest BCUT2D eigenvalue weighted by molar-refractivity contribution is 6.31. The van der Waals surface area contributed by atoms with Gasteiger partial charge in [0.25, 0.3) is 0 Å². The molecule has 1 N–H and O–H groups in total. The van der Waals surface area contributed by atoms with E-state index in [0.717, 1.165) is 73.3 Å². The van der Waals surface area contributed by atoms with Crippen molar-refractivity contribution in [2.45, 2.75) is 25.7 Å². The first-order valence-electron chi connectivity index (χ1n) is 15.8. The third-order valence-electron chi connectivity index (χ3n) is 9.11. The summed E-state index contributed by atoms with van der Waals surface area (Å²) >= 11 is 12.4. The number of hydrogen-bond donors (Lipinski definition) is 1. The van der Waals surface area contributed by atoms with Crippen LogP contribution in [-0.2, 0) is 0 Å². The second kappa shape index (κ2) is 13.3. The molecule has 226 valence electrons. The topological polar surface area (TPSA) is 41.1 Å². The summed E-state index contributed by atoms with van der Waals surface area (Å²) in [5, 5.41) is 4.99. The van der Waals surface area contributed by atoms with Gasteiger partial charge in [0, 0.05) is 57.8 Å². The predicted octanol–water partition coefficient (Wildman–Crippen LogP) is 9.15. The first-order valence-corrected chi connectivity index (χ1v) is 16.5. The summed E-state index contributed by atoms with van der Waals surface area (Å²) < 4.78 is 0. The summed E-state index contributed by atoms with van der Waals surface area (Å²) in [7, 11) is 2.19. The Morgan fingerprint density at radius 1 is 0.600 bits per heavy atom. The lowest BCUT2D eigenvalue weighted by Crippen LogP contribution is -2.27. The minimum Gasteiger partial charge on any atom is -0.316 e. The number of hydrogen-bond acceptors (Lipinski definition) is 4.